The molecule has 1 N–H and O–H groups in total. The molecule has 0 aromatic carbocycles. The fourth-order valence-corrected chi connectivity index (χ4v) is 1.12. The number of hydrogen-bond acceptors (Lipinski definition) is 3. The first kappa shape index (κ1) is 13.2. The summed E-state index contributed by atoms with van der Waals surface area (Å²) < 4.78 is 36.0. The number of anilines is 1. The van der Waals surface area contributed by atoms with Gasteiger partial charge in [0.05, 0.1) is 0 Å². The molecule has 1 heterocycles. The maximum atomic E-state index is 12.0. The molecule has 0 bridgehead atoms. The molecule has 1 aromatic heterocycles. The maximum Gasteiger partial charge on any atom is 0.454 e. The molecule has 0 aliphatic carbocycles. The highest BCUT2D eigenvalue weighted by molar-refractivity contribution is 5.95. The summed E-state index contributed by atoms with van der Waals surface area (Å²) in [5.41, 5.74) is 0.869. The molecule has 0 atom stereocenters. The van der Waals surface area contributed by atoms with Crippen LogP contribution in [0.1, 0.15) is 12.5 Å². The second kappa shape index (κ2) is 4.99. The number of aryl methyl sites for hydroxylation is 1. The summed E-state index contributed by atoms with van der Waals surface area (Å²) >= 11 is 0. The van der Waals surface area contributed by atoms with E-state index >= 15 is 0 Å². The van der Waals surface area contributed by atoms with E-state index in [4.69, 9.17) is 0 Å². The number of pyridine rings is 1. The van der Waals surface area contributed by atoms with Crippen LogP contribution in [0.4, 0.5) is 19.0 Å². The highest BCUT2D eigenvalue weighted by Crippen LogP contribution is 2.18. The van der Waals surface area contributed by atoms with Gasteiger partial charge in [0.1, 0.15) is 5.82 Å². The molecule has 0 aliphatic rings. The summed E-state index contributed by atoms with van der Waals surface area (Å²) in [5.74, 6) is -1.47. The Hall–Kier alpha value is -1.85. The van der Waals surface area contributed by atoms with Gasteiger partial charge in [0, 0.05) is 18.0 Å². The first-order chi connectivity index (χ1) is 7.80. The van der Waals surface area contributed by atoms with E-state index < -0.39 is 12.0 Å². The van der Waals surface area contributed by atoms with E-state index in [-0.39, 0.29) is 5.70 Å². The van der Waals surface area contributed by atoms with Crippen molar-refractivity contribution in [2.75, 3.05) is 5.32 Å². The molecular formula is C11H11F3N2O. The number of rotatable bonds is 3. The van der Waals surface area contributed by atoms with Crippen LogP contribution < -0.4 is 5.32 Å². The SMILES string of the molecule is C/C(=C/C(=O)C(F)(F)F)Nc1ncccc1C. The zero-order valence-electron chi connectivity index (χ0n) is 9.30. The number of hydrogen-bond donors (Lipinski definition) is 1. The minimum Gasteiger partial charge on any atom is -0.344 e. The summed E-state index contributed by atoms with van der Waals surface area (Å²) in [6.07, 6.45) is -2.83. The standard InChI is InChI=1S/C11H11F3N2O/c1-7-4-3-5-15-10(7)16-8(2)6-9(17)11(12,13)14/h3-6H,1-2H3,(H,15,16)/b8-6-. The van der Waals surface area contributed by atoms with Gasteiger partial charge in [0.2, 0.25) is 0 Å². The van der Waals surface area contributed by atoms with Crippen molar-refractivity contribution < 1.29 is 18.0 Å². The summed E-state index contributed by atoms with van der Waals surface area (Å²) in [6.45, 7) is 3.13. The number of alkyl halides is 3. The molecule has 0 saturated heterocycles. The van der Waals surface area contributed by atoms with Crippen LogP contribution in [0.2, 0.25) is 0 Å². The Morgan fingerprint density at radius 3 is 2.65 bits per heavy atom. The summed E-state index contributed by atoms with van der Waals surface area (Å²) in [7, 11) is 0. The lowest BCUT2D eigenvalue weighted by atomic mass is 10.2. The molecular weight excluding hydrogens is 233 g/mol. The van der Waals surface area contributed by atoms with Gasteiger partial charge in [-0.1, -0.05) is 6.07 Å². The Bertz CT molecular complexity index is 452. The summed E-state index contributed by atoms with van der Waals surface area (Å²) in [6, 6.07) is 3.47. The van der Waals surface area contributed by atoms with Crippen molar-refractivity contribution in [3.63, 3.8) is 0 Å². The molecule has 6 heteroatoms. The third-order valence-electron chi connectivity index (χ3n) is 1.95. The number of aromatic nitrogens is 1. The Kier molecular flexibility index (Phi) is 3.88. The van der Waals surface area contributed by atoms with Crippen molar-refractivity contribution in [3.8, 4) is 0 Å². The zero-order chi connectivity index (χ0) is 13.1. The number of allylic oxidation sites excluding steroid dienone is 2. The second-order valence-corrected chi connectivity index (χ2v) is 3.48. The average molecular weight is 244 g/mol. The van der Waals surface area contributed by atoms with Crippen molar-refractivity contribution in [3.05, 3.63) is 35.7 Å². The first-order valence-corrected chi connectivity index (χ1v) is 4.79. The van der Waals surface area contributed by atoms with Crippen LogP contribution in [0.25, 0.3) is 0 Å². The van der Waals surface area contributed by atoms with E-state index in [1.165, 1.54) is 13.1 Å². The third kappa shape index (κ3) is 3.90. The zero-order valence-corrected chi connectivity index (χ0v) is 9.30. The molecule has 1 aromatic rings. The highest BCUT2D eigenvalue weighted by atomic mass is 19.4. The van der Waals surface area contributed by atoms with Gasteiger partial charge in [0.25, 0.3) is 5.78 Å². The molecule has 3 nitrogen and oxygen atoms in total. The van der Waals surface area contributed by atoms with Gasteiger partial charge < -0.3 is 5.32 Å². The number of carbonyl (C=O) groups excluding carboxylic acids is 1. The first-order valence-electron chi connectivity index (χ1n) is 4.79. The van der Waals surface area contributed by atoms with Crippen molar-refractivity contribution in [1.82, 2.24) is 4.98 Å². The Morgan fingerprint density at radius 2 is 2.12 bits per heavy atom. The smallest absolute Gasteiger partial charge is 0.344 e. The Labute approximate surface area is 96.4 Å². The summed E-state index contributed by atoms with van der Waals surface area (Å²) in [4.78, 5) is 14.6. The quantitative estimate of drug-likeness (QED) is 0.831. The van der Waals surface area contributed by atoms with E-state index in [1.54, 1.807) is 19.1 Å². The van der Waals surface area contributed by atoms with Crippen molar-refractivity contribution in [2.24, 2.45) is 0 Å². The molecule has 0 spiro atoms. The number of nitrogens with zero attached hydrogens (tertiary/aromatic N) is 1. The lowest BCUT2D eigenvalue weighted by Crippen LogP contribution is -2.21. The van der Waals surface area contributed by atoms with Gasteiger partial charge in [-0.2, -0.15) is 13.2 Å². The maximum absolute atomic E-state index is 12.0. The number of halogens is 3. The number of carbonyl (C=O) groups is 1. The summed E-state index contributed by atoms with van der Waals surface area (Å²) in [5, 5.41) is 2.64. The minimum absolute atomic E-state index is 0.0918. The molecule has 0 unspecified atom stereocenters. The molecule has 17 heavy (non-hydrogen) atoms. The highest BCUT2D eigenvalue weighted by Gasteiger charge is 2.36. The van der Waals surface area contributed by atoms with Crippen LogP contribution in [0.15, 0.2) is 30.1 Å². The average Bonchev–Trinajstić information content (AvgIpc) is 2.20. The topological polar surface area (TPSA) is 42.0 Å². The molecule has 0 fully saturated rings. The second-order valence-electron chi connectivity index (χ2n) is 3.48. The number of nitrogens with one attached hydrogen (secondary N) is 1. The predicted molar refractivity (Wildman–Crippen MR) is 57.4 cm³/mol. The predicted octanol–water partition coefficient (Wildman–Crippen LogP) is 2.84. The van der Waals surface area contributed by atoms with E-state index in [0.29, 0.717) is 11.9 Å². The van der Waals surface area contributed by atoms with E-state index in [2.05, 4.69) is 10.3 Å². The minimum atomic E-state index is -4.85. The molecule has 0 saturated carbocycles. The van der Waals surface area contributed by atoms with Gasteiger partial charge >= 0.3 is 6.18 Å². The van der Waals surface area contributed by atoms with Gasteiger partial charge in [-0.25, -0.2) is 4.98 Å². The van der Waals surface area contributed by atoms with Crippen LogP contribution in [-0.2, 0) is 4.79 Å². The largest absolute Gasteiger partial charge is 0.454 e. The molecule has 0 radical (unpaired) electrons. The fraction of sp³-hybridized carbons (Fsp3) is 0.273. The van der Waals surface area contributed by atoms with Gasteiger partial charge in [-0.05, 0) is 25.5 Å². The van der Waals surface area contributed by atoms with E-state index in [1.807, 2.05) is 0 Å². The molecule has 92 valence electrons. The van der Waals surface area contributed by atoms with Gasteiger partial charge in [0.15, 0.2) is 0 Å². The number of ketones is 1. The van der Waals surface area contributed by atoms with Crippen LogP contribution in [-0.4, -0.2) is 16.9 Å². The van der Waals surface area contributed by atoms with Crippen molar-refractivity contribution >= 4 is 11.6 Å². The Balaban J connectivity index is 2.80. The molecule has 1 rings (SSSR count). The lowest BCUT2D eigenvalue weighted by molar-refractivity contribution is -0.165. The van der Waals surface area contributed by atoms with Crippen LogP contribution in [0.3, 0.4) is 0 Å². The Morgan fingerprint density at radius 1 is 1.47 bits per heavy atom. The lowest BCUT2D eigenvalue weighted by Gasteiger charge is -2.08. The van der Waals surface area contributed by atoms with Crippen molar-refractivity contribution in [2.45, 2.75) is 20.0 Å². The normalized spacial score (nSPS) is 12.4. The molecule has 0 aliphatic heterocycles. The third-order valence-corrected chi connectivity index (χ3v) is 1.95. The van der Waals surface area contributed by atoms with E-state index in [9.17, 15) is 18.0 Å². The molecule has 0 amide bonds. The van der Waals surface area contributed by atoms with E-state index in [0.717, 1.165) is 5.56 Å². The fourth-order valence-electron chi connectivity index (χ4n) is 1.12. The van der Waals surface area contributed by atoms with Crippen LogP contribution in [0.5, 0.6) is 0 Å². The van der Waals surface area contributed by atoms with Crippen molar-refractivity contribution in [1.29, 1.82) is 0 Å². The van der Waals surface area contributed by atoms with Crippen LogP contribution >= 0.6 is 0 Å². The monoisotopic (exact) mass is 244 g/mol. The van der Waals surface area contributed by atoms with Gasteiger partial charge in [-0.15, -0.1) is 0 Å². The van der Waals surface area contributed by atoms with Gasteiger partial charge in [-0.3, -0.25) is 4.79 Å². The van der Waals surface area contributed by atoms with Crippen LogP contribution in [0, 0.1) is 6.92 Å².